The second kappa shape index (κ2) is 11.5. The van der Waals surface area contributed by atoms with Gasteiger partial charge in [0.15, 0.2) is 11.5 Å². The van der Waals surface area contributed by atoms with E-state index in [1.807, 2.05) is 45.0 Å². The third kappa shape index (κ3) is 6.00. The number of hydrogen-bond acceptors (Lipinski definition) is 8. The molecule has 2 aliphatic heterocycles. The summed E-state index contributed by atoms with van der Waals surface area (Å²) in [6, 6.07) is 16.3. The molecular weight excluding hydrogens is 530 g/mol. The molecule has 10 heteroatoms. The summed E-state index contributed by atoms with van der Waals surface area (Å²) in [7, 11) is 0. The van der Waals surface area contributed by atoms with Crippen LogP contribution < -0.4 is 5.73 Å². The topological polar surface area (TPSA) is 112 Å². The van der Waals surface area contributed by atoms with E-state index in [1.54, 1.807) is 11.1 Å². The Morgan fingerprint density at radius 2 is 1.81 bits per heavy atom. The largest absolute Gasteiger partial charge is 0.444 e. The number of carbonyl (C=O) groups excluding carboxylic acids is 1. The number of nitrogens with two attached hydrogens (primary N) is 1. The van der Waals surface area contributed by atoms with Gasteiger partial charge in [0.25, 0.3) is 0 Å². The quantitative estimate of drug-likeness (QED) is 0.362. The molecule has 1 fully saturated rings. The fraction of sp³-hybridized carbons (Fsp3) is 0.375. The Morgan fingerprint density at radius 1 is 1.02 bits per heavy atom. The summed E-state index contributed by atoms with van der Waals surface area (Å²) in [5.41, 5.74) is 12.4. The molecule has 0 bridgehead atoms. The van der Waals surface area contributed by atoms with Gasteiger partial charge < -0.3 is 20.1 Å². The number of ether oxygens (including phenoxy) is 2. The highest BCUT2D eigenvalue weighted by Gasteiger charge is 2.26. The molecule has 42 heavy (non-hydrogen) atoms. The lowest BCUT2D eigenvalue weighted by molar-refractivity contribution is 0.0139. The molecule has 1 saturated heterocycles. The molecule has 5 heterocycles. The Kier molecular flexibility index (Phi) is 7.66. The molecule has 0 spiro atoms. The molecule has 2 aliphatic rings. The number of imidazole rings is 1. The number of carbonyl (C=O) groups is 1. The molecule has 6 rings (SSSR count). The van der Waals surface area contributed by atoms with E-state index in [0.29, 0.717) is 37.9 Å². The first-order valence-electron chi connectivity index (χ1n) is 14.4. The van der Waals surface area contributed by atoms with Crippen LogP contribution in [0.1, 0.15) is 38.4 Å². The van der Waals surface area contributed by atoms with Gasteiger partial charge in [-0.25, -0.2) is 19.7 Å². The van der Waals surface area contributed by atoms with E-state index in [1.165, 1.54) is 11.1 Å². The Balaban J connectivity index is 1.26. The van der Waals surface area contributed by atoms with Gasteiger partial charge in [-0.2, -0.15) is 0 Å². The van der Waals surface area contributed by atoms with Crippen LogP contribution in [0, 0.1) is 0 Å². The fourth-order valence-corrected chi connectivity index (χ4v) is 5.35. The van der Waals surface area contributed by atoms with Crippen molar-refractivity contribution in [1.82, 2.24) is 29.3 Å². The highest BCUT2D eigenvalue weighted by Crippen LogP contribution is 2.32. The van der Waals surface area contributed by atoms with Crippen molar-refractivity contribution in [2.45, 2.75) is 39.3 Å². The van der Waals surface area contributed by atoms with E-state index >= 15 is 0 Å². The third-order valence-electron chi connectivity index (χ3n) is 7.50. The standard InChI is InChI=1S/C32H37N7O3/c1-32(2,3)42-31(40)38-17-15-37(16-18-38)21-22-6-8-24(9-7-22)39-29(25-5-4-14-34-28(25)33)36-27-11-10-26(35-30(27)39)23-12-19-41-20-13-23/h4-12,14H,13,15-21H2,1-3H3,(H2,33,34). The number of rotatable bonds is 5. The number of amides is 1. The van der Waals surface area contributed by atoms with Gasteiger partial charge in [0.05, 0.1) is 24.5 Å². The van der Waals surface area contributed by atoms with Gasteiger partial charge >= 0.3 is 6.09 Å². The van der Waals surface area contributed by atoms with Gasteiger partial charge in [0, 0.05) is 44.6 Å². The van der Waals surface area contributed by atoms with Crippen LogP contribution in [0.2, 0.25) is 0 Å². The lowest BCUT2D eigenvalue weighted by Gasteiger charge is -2.35. The van der Waals surface area contributed by atoms with Gasteiger partial charge in [-0.1, -0.05) is 18.2 Å². The average molecular weight is 568 g/mol. The smallest absolute Gasteiger partial charge is 0.410 e. The van der Waals surface area contributed by atoms with Crippen LogP contribution in [0.4, 0.5) is 10.6 Å². The van der Waals surface area contributed by atoms with Crippen molar-refractivity contribution >= 4 is 28.6 Å². The molecule has 2 N–H and O–H groups in total. The number of benzene rings is 1. The zero-order chi connectivity index (χ0) is 29.3. The van der Waals surface area contributed by atoms with Gasteiger partial charge in [-0.05, 0) is 74.7 Å². The minimum absolute atomic E-state index is 0.242. The second-order valence-electron chi connectivity index (χ2n) is 11.7. The van der Waals surface area contributed by atoms with E-state index in [9.17, 15) is 4.79 Å². The first kappa shape index (κ1) is 27.9. The Labute approximate surface area is 245 Å². The predicted molar refractivity (Wildman–Crippen MR) is 163 cm³/mol. The predicted octanol–water partition coefficient (Wildman–Crippen LogP) is 4.92. The summed E-state index contributed by atoms with van der Waals surface area (Å²) in [5.74, 6) is 1.12. The van der Waals surface area contributed by atoms with Gasteiger partial charge in [-0.3, -0.25) is 9.47 Å². The zero-order valence-electron chi connectivity index (χ0n) is 24.4. The van der Waals surface area contributed by atoms with Crippen LogP contribution >= 0.6 is 0 Å². The van der Waals surface area contributed by atoms with Crippen LogP contribution in [0.3, 0.4) is 0 Å². The van der Waals surface area contributed by atoms with Gasteiger partial charge in [0.1, 0.15) is 16.9 Å². The maximum absolute atomic E-state index is 12.4. The highest BCUT2D eigenvalue weighted by atomic mass is 16.6. The van der Waals surface area contributed by atoms with E-state index in [0.717, 1.165) is 54.2 Å². The van der Waals surface area contributed by atoms with Crippen molar-refractivity contribution in [3.63, 3.8) is 0 Å². The normalized spacial score (nSPS) is 16.5. The van der Waals surface area contributed by atoms with Crippen molar-refractivity contribution in [3.05, 3.63) is 72.1 Å². The lowest BCUT2D eigenvalue weighted by atomic mass is 10.1. The van der Waals surface area contributed by atoms with Crippen LogP contribution in [0.15, 0.2) is 60.8 Å². The Bertz CT molecular complexity index is 1610. The molecule has 10 nitrogen and oxygen atoms in total. The molecule has 0 atom stereocenters. The summed E-state index contributed by atoms with van der Waals surface area (Å²) >= 11 is 0. The monoisotopic (exact) mass is 567 g/mol. The first-order chi connectivity index (χ1) is 20.2. The minimum Gasteiger partial charge on any atom is -0.444 e. The molecule has 0 saturated carbocycles. The summed E-state index contributed by atoms with van der Waals surface area (Å²) in [4.78, 5) is 30.9. The molecule has 3 aromatic heterocycles. The number of piperazine rings is 1. The molecule has 1 amide bonds. The van der Waals surface area contributed by atoms with Crippen LogP contribution in [0.25, 0.3) is 33.8 Å². The maximum Gasteiger partial charge on any atom is 0.410 e. The molecule has 0 aliphatic carbocycles. The van der Waals surface area contributed by atoms with Crippen LogP contribution in [-0.4, -0.2) is 80.4 Å². The van der Waals surface area contributed by atoms with Crippen LogP contribution in [0.5, 0.6) is 0 Å². The molecule has 0 radical (unpaired) electrons. The van der Waals surface area contributed by atoms with Crippen molar-refractivity contribution < 1.29 is 14.3 Å². The Morgan fingerprint density at radius 3 is 2.50 bits per heavy atom. The van der Waals surface area contributed by atoms with E-state index < -0.39 is 5.60 Å². The minimum atomic E-state index is -0.488. The van der Waals surface area contributed by atoms with Crippen molar-refractivity contribution in [2.75, 3.05) is 45.1 Å². The van der Waals surface area contributed by atoms with Crippen molar-refractivity contribution in [2.24, 2.45) is 0 Å². The molecule has 1 aromatic carbocycles. The summed E-state index contributed by atoms with van der Waals surface area (Å²) in [5, 5.41) is 0. The van der Waals surface area contributed by atoms with E-state index in [2.05, 4.69) is 44.8 Å². The lowest BCUT2D eigenvalue weighted by Crippen LogP contribution is -2.49. The van der Waals surface area contributed by atoms with E-state index in [4.69, 9.17) is 25.2 Å². The first-order valence-corrected chi connectivity index (χ1v) is 14.4. The van der Waals surface area contributed by atoms with E-state index in [-0.39, 0.29) is 6.09 Å². The molecular formula is C32H37N7O3. The fourth-order valence-electron chi connectivity index (χ4n) is 5.35. The summed E-state index contributed by atoms with van der Waals surface area (Å²) in [6.07, 6.45) is 4.37. The second-order valence-corrected chi connectivity index (χ2v) is 11.7. The molecule has 4 aromatic rings. The maximum atomic E-state index is 12.4. The molecule has 0 unspecified atom stereocenters. The number of aromatic nitrogens is 4. The van der Waals surface area contributed by atoms with Gasteiger partial charge in [-0.15, -0.1) is 0 Å². The van der Waals surface area contributed by atoms with Crippen molar-refractivity contribution in [3.8, 4) is 17.1 Å². The number of anilines is 1. The number of nitrogens with zero attached hydrogens (tertiary/aromatic N) is 6. The average Bonchev–Trinajstić information content (AvgIpc) is 3.36. The Hall–Kier alpha value is -4.28. The van der Waals surface area contributed by atoms with Gasteiger partial charge in [0.2, 0.25) is 0 Å². The number of pyridine rings is 2. The SMILES string of the molecule is CC(C)(C)OC(=O)N1CCN(Cc2ccc(-n3c(-c4cccnc4N)nc4ccc(C5=CCOCC5)nc43)cc2)CC1. The van der Waals surface area contributed by atoms with Crippen molar-refractivity contribution in [1.29, 1.82) is 0 Å². The number of nitrogen functional groups attached to an aromatic ring is 1. The zero-order valence-corrected chi connectivity index (χ0v) is 24.4. The highest BCUT2D eigenvalue weighted by molar-refractivity contribution is 5.84. The summed E-state index contributed by atoms with van der Waals surface area (Å²) in [6.45, 7) is 10.7. The molecule has 218 valence electrons. The summed E-state index contributed by atoms with van der Waals surface area (Å²) < 4.78 is 13.1. The van der Waals surface area contributed by atoms with Crippen LogP contribution in [-0.2, 0) is 16.0 Å². The number of hydrogen-bond donors (Lipinski definition) is 1. The third-order valence-corrected chi connectivity index (χ3v) is 7.50. The number of fused-ring (bicyclic) bond motifs is 1.